The highest BCUT2D eigenvalue weighted by atomic mass is 35.5. The summed E-state index contributed by atoms with van der Waals surface area (Å²) in [4.78, 5) is 18.6. The number of hydrogen-bond donors (Lipinski definition) is 0. The monoisotopic (exact) mass is 526 g/mol. The van der Waals surface area contributed by atoms with Gasteiger partial charge < -0.3 is 9.47 Å². The fourth-order valence-electron chi connectivity index (χ4n) is 4.52. The van der Waals surface area contributed by atoms with Gasteiger partial charge in [0.05, 0.1) is 27.7 Å². The number of hydrogen-bond acceptors (Lipinski definition) is 5. The number of aryl methyl sites for hydroxylation is 2. The molecule has 0 spiro atoms. The third-order valence-corrected chi connectivity index (χ3v) is 7.85. The number of halogens is 1. The van der Waals surface area contributed by atoms with E-state index in [1.807, 2.05) is 56.3 Å². The Bertz CT molecular complexity index is 1940. The Balaban J connectivity index is 1.34. The third-order valence-electron chi connectivity index (χ3n) is 6.60. The van der Waals surface area contributed by atoms with E-state index in [0.29, 0.717) is 32.6 Å². The second kappa shape index (κ2) is 9.21. The maximum absolute atomic E-state index is 13.3. The SMILES string of the molecule is COc1cc(/C=c2\sc3nc4cc(C)c(C)cc4n3c2=O)cc(Cl)c1OCc1ccc2ccccc2c1. The number of fused-ring (bicyclic) bond motifs is 4. The van der Waals surface area contributed by atoms with Crippen LogP contribution in [0.15, 0.2) is 71.5 Å². The van der Waals surface area contributed by atoms with Gasteiger partial charge in [0, 0.05) is 0 Å². The van der Waals surface area contributed by atoms with Gasteiger partial charge in [0.2, 0.25) is 0 Å². The van der Waals surface area contributed by atoms with Crippen molar-refractivity contribution in [2.75, 3.05) is 7.11 Å². The summed E-state index contributed by atoms with van der Waals surface area (Å²) >= 11 is 7.99. The first-order valence-electron chi connectivity index (χ1n) is 11.8. The molecule has 0 aliphatic carbocycles. The molecule has 7 heteroatoms. The van der Waals surface area contributed by atoms with Crippen molar-refractivity contribution >= 4 is 55.8 Å². The summed E-state index contributed by atoms with van der Waals surface area (Å²) in [7, 11) is 1.58. The fourth-order valence-corrected chi connectivity index (χ4v) is 5.78. The smallest absolute Gasteiger partial charge is 0.274 e. The van der Waals surface area contributed by atoms with Crippen LogP contribution in [0.5, 0.6) is 11.5 Å². The third kappa shape index (κ3) is 4.22. The van der Waals surface area contributed by atoms with Crippen molar-refractivity contribution in [1.82, 2.24) is 9.38 Å². The number of nitrogens with zero attached hydrogens (tertiary/aromatic N) is 2. The number of ether oxygens (including phenoxy) is 2. The number of imidazole rings is 1. The molecular formula is C30H23ClN2O3S. The lowest BCUT2D eigenvalue weighted by Gasteiger charge is -2.13. The molecule has 37 heavy (non-hydrogen) atoms. The van der Waals surface area contributed by atoms with E-state index in [9.17, 15) is 4.79 Å². The zero-order valence-corrected chi connectivity index (χ0v) is 22.1. The van der Waals surface area contributed by atoms with Crippen LogP contribution in [0.4, 0.5) is 0 Å². The second-order valence-corrected chi connectivity index (χ2v) is 10.5. The maximum Gasteiger partial charge on any atom is 0.274 e. The highest BCUT2D eigenvalue weighted by molar-refractivity contribution is 7.15. The van der Waals surface area contributed by atoms with Gasteiger partial charge in [0.1, 0.15) is 6.61 Å². The molecule has 4 aromatic carbocycles. The Morgan fingerprint density at radius 3 is 2.59 bits per heavy atom. The van der Waals surface area contributed by atoms with Gasteiger partial charge in [-0.05, 0) is 83.3 Å². The molecule has 184 valence electrons. The molecule has 0 radical (unpaired) electrons. The van der Waals surface area contributed by atoms with Gasteiger partial charge in [-0.15, -0.1) is 0 Å². The van der Waals surface area contributed by atoms with Crippen LogP contribution in [0.2, 0.25) is 5.02 Å². The van der Waals surface area contributed by atoms with E-state index in [0.717, 1.165) is 38.7 Å². The standard InChI is InChI=1S/C30H23ClN2O3S/c1-17-10-24-25(11-18(17)2)33-29(34)27(37-30(33)32-24)15-20-13-23(31)28(26(14-20)35-3)36-16-19-8-9-21-6-4-5-7-22(21)12-19/h4-15H,16H2,1-3H3/b27-15-. The van der Waals surface area contributed by atoms with E-state index >= 15 is 0 Å². The zero-order chi connectivity index (χ0) is 25.7. The molecule has 2 heterocycles. The van der Waals surface area contributed by atoms with Gasteiger partial charge in [-0.3, -0.25) is 4.79 Å². The van der Waals surface area contributed by atoms with Crippen molar-refractivity contribution in [2.45, 2.75) is 20.5 Å². The molecule has 0 aliphatic heterocycles. The Morgan fingerprint density at radius 1 is 1.00 bits per heavy atom. The van der Waals surface area contributed by atoms with Gasteiger partial charge in [0.25, 0.3) is 5.56 Å². The molecule has 0 saturated carbocycles. The Morgan fingerprint density at radius 2 is 1.78 bits per heavy atom. The first-order chi connectivity index (χ1) is 17.9. The minimum atomic E-state index is -0.0996. The number of aromatic nitrogens is 2. The molecular weight excluding hydrogens is 504 g/mol. The molecule has 0 fully saturated rings. The molecule has 0 unspecified atom stereocenters. The molecule has 5 nitrogen and oxygen atoms in total. The van der Waals surface area contributed by atoms with Crippen LogP contribution in [0.3, 0.4) is 0 Å². The normalized spacial score (nSPS) is 12.2. The summed E-state index contributed by atoms with van der Waals surface area (Å²) < 4.78 is 13.9. The largest absolute Gasteiger partial charge is 0.493 e. The van der Waals surface area contributed by atoms with Gasteiger partial charge in [-0.2, -0.15) is 0 Å². The van der Waals surface area contributed by atoms with E-state index < -0.39 is 0 Å². The average molecular weight is 527 g/mol. The summed E-state index contributed by atoms with van der Waals surface area (Å²) in [6.45, 7) is 4.44. The van der Waals surface area contributed by atoms with Crippen molar-refractivity contribution in [3.05, 3.63) is 109 Å². The molecule has 0 saturated heterocycles. The number of benzene rings is 4. The van der Waals surface area contributed by atoms with Crippen molar-refractivity contribution in [1.29, 1.82) is 0 Å². The van der Waals surface area contributed by atoms with Crippen LogP contribution in [-0.2, 0) is 6.61 Å². The van der Waals surface area contributed by atoms with Crippen molar-refractivity contribution < 1.29 is 9.47 Å². The molecule has 6 aromatic rings. The first-order valence-corrected chi connectivity index (χ1v) is 13.0. The second-order valence-electron chi connectivity index (χ2n) is 9.08. The quantitative estimate of drug-likeness (QED) is 0.258. The van der Waals surface area contributed by atoms with Gasteiger partial charge in [0.15, 0.2) is 16.5 Å². The van der Waals surface area contributed by atoms with Gasteiger partial charge in [-0.1, -0.05) is 59.3 Å². The summed E-state index contributed by atoms with van der Waals surface area (Å²) in [5.74, 6) is 0.972. The predicted octanol–water partition coefficient (Wildman–Crippen LogP) is 6.47. The lowest BCUT2D eigenvalue weighted by atomic mass is 10.1. The van der Waals surface area contributed by atoms with E-state index in [1.54, 1.807) is 17.6 Å². The number of methoxy groups -OCH3 is 1. The molecule has 0 bridgehead atoms. The Hall–Kier alpha value is -3.87. The molecule has 6 rings (SSSR count). The lowest BCUT2D eigenvalue weighted by molar-refractivity contribution is 0.285. The van der Waals surface area contributed by atoms with Crippen molar-refractivity contribution in [3.8, 4) is 11.5 Å². The highest BCUT2D eigenvalue weighted by Crippen LogP contribution is 2.37. The first kappa shape index (κ1) is 23.5. The number of thiazole rings is 1. The fraction of sp³-hybridized carbons (Fsp3) is 0.133. The van der Waals surface area contributed by atoms with E-state index in [-0.39, 0.29) is 5.56 Å². The Kier molecular flexibility index (Phi) is 5.86. The van der Waals surface area contributed by atoms with Crippen molar-refractivity contribution in [3.63, 3.8) is 0 Å². The minimum Gasteiger partial charge on any atom is -0.493 e. The van der Waals surface area contributed by atoms with Crippen LogP contribution in [0.1, 0.15) is 22.3 Å². The number of rotatable bonds is 5. The minimum absolute atomic E-state index is 0.0996. The van der Waals surface area contributed by atoms with Crippen LogP contribution in [-0.4, -0.2) is 16.5 Å². The van der Waals surface area contributed by atoms with E-state index in [4.69, 9.17) is 21.1 Å². The van der Waals surface area contributed by atoms with E-state index in [1.165, 1.54) is 16.7 Å². The molecule has 2 aromatic heterocycles. The average Bonchev–Trinajstić information content (AvgIpc) is 3.38. The summed E-state index contributed by atoms with van der Waals surface area (Å²) in [6.07, 6.45) is 1.82. The van der Waals surface area contributed by atoms with Crippen LogP contribution >= 0.6 is 22.9 Å². The van der Waals surface area contributed by atoms with Gasteiger partial charge >= 0.3 is 0 Å². The molecule has 0 aliphatic rings. The maximum atomic E-state index is 13.3. The molecule has 0 atom stereocenters. The summed E-state index contributed by atoms with van der Waals surface area (Å²) in [5.41, 5.74) is 5.62. The predicted molar refractivity (Wildman–Crippen MR) is 151 cm³/mol. The highest BCUT2D eigenvalue weighted by Gasteiger charge is 2.15. The molecule has 0 amide bonds. The zero-order valence-electron chi connectivity index (χ0n) is 20.5. The van der Waals surface area contributed by atoms with Crippen LogP contribution in [0.25, 0.3) is 32.8 Å². The van der Waals surface area contributed by atoms with Crippen LogP contribution < -0.4 is 19.6 Å². The Labute approximate surface area is 222 Å². The van der Waals surface area contributed by atoms with Crippen LogP contribution in [0, 0.1) is 13.8 Å². The lowest BCUT2D eigenvalue weighted by Crippen LogP contribution is -2.22. The summed E-state index contributed by atoms with van der Waals surface area (Å²) in [5, 5.41) is 2.75. The summed E-state index contributed by atoms with van der Waals surface area (Å²) in [6, 6.07) is 22.1. The van der Waals surface area contributed by atoms with E-state index in [2.05, 4.69) is 29.2 Å². The topological polar surface area (TPSA) is 52.8 Å². The van der Waals surface area contributed by atoms with Gasteiger partial charge in [-0.25, -0.2) is 9.38 Å². The van der Waals surface area contributed by atoms with Crippen molar-refractivity contribution in [2.24, 2.45) is 0 Å². The molecule has 0 N–H and O–H groups in total.